The molecule has 6 nitrogen and oxygen atoms in total. The molecule has 34 heavy (non-hydrogen) atoms. The Hall–Kier alpha value is -4.16. The van der Waals surface area contributed by atoms with Crippen molar-refractivity contribution in [3.63, 3.8) is 0 Å². The summed E-state index contributed by atoms with van der Waals surface area (Å²) in [6, 6.07) is 26.8. The number of hydrazone groups is 1. The molecule has 4 aromatic rings. The van der Waals surface area contributed by atoms with Gasteiger partial charge in [0.25, 0.3) is 5.91 Å². The molecule has 1 amide bonds. The van der Waals surface area contributed by atoms with Crippen molar-refractivity contribution in [3.8, 4) is 11.5 Å². The van der Waals surface area contributed by atoms with Crippen molar-refractivity contribution in [2.24, 2.45) is 5.10 Å². The normalized spacial score (nSPS) is 11.8. The van der Waals surface area contributed by atoms with Crippen LogP contribution in [0.25, 0.3) is 10.8 Å². The van der Waals surface area contributed by atoms with Crippen LogP contribution in [-0.4, -0.2) is 24.2 Å². The first-order valence-corrected chi connectivity index (χ1v) is 10.9. The number of rotatable bonds is 7. The average Bonchev–Trinajstić information content (AvgIpc) is 2.85. The van der Waals surface area contributed by atoms with E-state index in [1.165, 1.54) is 6.21 Å². The van der Waals surface area contributed by atoms with Crippen LogP contribution in [0.1, 0.15) is 22.8 Å². The molecule has 1 atom stereocenters. The quantitative estimate of drug-likeness (QED) is 0.164. The molecule has 170 valence electrons. The maximum atomic E-state index is 12.4. The van der Waals surface area contributed by atoms with Gasteiger partial charge in [0, 0.05) is 10.6 Å². The lowest BCUT2D eigenvalue weighted by Crippen LogP contribution is -2.33. The summed E-state index contributed by atoms with van der Waals surface area (Å²) in [5.74, 6) is -0.0512. The lowest BCUT2D eigenvalue weighted by Gasteiger charge is -2.13. The molecular formula is C27H21ClN2O4. The number of nitrogens with zero attached hydrogens (tertiary/aromatic N) is 1. The zero-order valence-corrected chi connectivity index (χ0v) is 19.0. The van der Waals surface area contributed by atoms with Crippen LogP contribution >= 0.6 is 11.6 Å². The molecule has 0 aliphatic rings. The Labute approximate surface area is 201 Å². The Morgan fingerprint density at radius 3 is 2.41 bits per heavy atom. The molecule has 0 fully saturated rings. The van der Waals surface area contributed by atoms with E-state index in [4.69, 9.17) is 21.1 Å². The average molecular weight is 473 g/mol. The van der Waals surface area contributed by atoms with Crippen molar-refractivity contribution >= 4 is 40.5 Å². The predicted molar refractivity (Wildman–Crippen MR) is 133 cm³/mol. The number of carbonyl (C=O) groups excluding carboxylic acids is 2. The Morgan fingerprint density at radius 2 is 1.62 bits per heavy atom. The summed E-state index contributed by atoms with van der Waals surface area (Å²) in [7, 11) is 0. The van der Waals surface area contributed by atoms with Gasteiger partial charge in [-0.05, 0) is 66.2 Å². The number of hydrogen-bond acceptors (Lipinski definition) is 5. The minimum Gasteiger partial charge on any atom is -0.481 e. The van der Waals surface area contributed by atoms with E-state index >= 15 is 0 Å². The molecule has 0 radical (unpaired) electrons. The van der Waals surface area contributed by atoms with E-state index < -0.39 is 18.0 Å². The summed E-state index contributed by atoms with van der Waals surface area (Å²) in [5.41, 5.74) is 3.34. The second-order valence-electron chi connectivity index (χ2n) is 7.44. The fourth-order valence-corrected chi connectivity index (χ4v) is 3.31. The molecule has 0 saturated heterocycles. The van der Waals surface area contributed by atoms with Gasteiger partial charge in [-0.25, -0.2) is 10.2 Å². The summed E-state index contributed by atoms with van der Waals surface area (Å²) >= 11 is 5.86. The van der Waals surface area contributed by atoms with Gasteiger partial charge in [-0.3, -0.25) is 4.79 Å². The molecule has 0 aromatic heterocycles. The van der Waals surface area contributed by atoms with Gasteiger partial charge in [-0.2, -0.15) is 5.10 Å². The van der Waals surface area contributed by atoms with Gasteiger partial charge in [0.15, 0.2) is 6.10 Å². The molecule has 0 heterocycles. The largest absolute Gasteiger partial charge is 0.481 e. The minimum atomic E-state index is -0.767. The molecule has 0 aliphatic heterocycles. The highest BCUT2D eigenvalue weighted by Gasteiger charge is 2.15. The Bertz CT molecular complexity index is 1350. The number of carbonyl (C=O) groups is 2. The highest BCUT2D eigenvalue weighted by molar-refractivity contribution is 6.30. The summed E-state index contributed by atoms with van der Waals surface area (Å²) in [6.07, 6.45) is 0.641. The lowest BCUT2D eigenvalue weighted by molar-refractivity contribution is -0.127. The topological polar surface area (TPSA) is 77.0 Å². The first-order valence-electron chi connectivity index (χ1n) is 10.5. The molecule has 0 saturated carbocycles. The Kier molecular flexibility index (Phi) is 7.20. The number of nitrogens with one attached hydrogen (secondary N) is 1. The molecular weight excluding hydrogens is 452 g/mol. The van der Waals surface area contributed by atoms with Crippen LogP contribution in [-0.2, 0) is 4.79 Å². The predicted octanol–water partition coefficient (Wildman–Crippen LogP) is 5.63. The maximum Gasteiger partial charge on any atom is 0.343 e. The fraction of sp³-hybridized carbons (Fsp3) is 0.0741. The Balaban J connectivity index is 1.37. The highest BCUT2D eigenvalue weighted by Crippen LogP contribution is 2.22. The molecule has 1 unspecified atom stereocenters. The van der Waals surface area contributed by atoms with Crippen LogP contribution in [0.3, 0.4) is 0 Å². The second kappa shape index (κ2) is 10.6. The number of para-hydroxylation sites is 1. The first kappa shape index (κ1) is 23.0. The van der Waals surface area contributed by atoms with Crippen LogP contribution < -0.4 is 14.9 Å². The molecule has 4 aromatic carbocycles. The highest BCUT2D eigenvalue weighted by atomic mass is 35.5. The van der Waals surface area contributed by atoms with Crippen LogP contribution in [0.2, 0.25) is 5.02 Å². The van der Waals surface area contributed by atoms with E-state index in [9.17, 15) is 9.59 Å². The smallest absolute Gasteiger partial charge is 0.343 e. The third-order valence-corrected chi connectivity index (χ3v) is 5.23. The third-order valence-electron chi connectivity index (χ3n) is 4.98. The van der Waals surface area contributed by atoms with E-state index in [1.807, 2.05) is 42.5 Å². The summed E-state index contributed by atoms with van der Waals surface area (Å²) < 4.78 is 11.2. The van der Waals surface area contributed by atoms with Crippen molar-refractivity contribution in [2.75, 3.05) is 0 Å². The zero-order chi connectivity index (χ0) is 23.9. The van der Waals surface area contributed by atoms with Crippen LogP contribution in [0, 0.1) is 0 Å². The van der Waals surface area contributed by atoms with Crippen LogP contribution in [0.15, 0.2) is 96.1 Å². The van der Waals surface area contributed by atoms with Crippen molar-refractivity contribution in [3.05, 3.63) is 107 Å². The lowest BCUT2D eigenvalue weighted by atomic mass is 10.1. The summed E-state index contributed by atoms with van der Waals surface area (Å²) in [4.78, 5) is 24.8. The van der Waals surface area contributed by atoms with E-state index in [2.05, 4.69) is 10.5 Å². The molecule has 0 aliphatic carbocycles. The zero-order valence-electron chi connectivity index (χ0n) is 18.3. The number of amides is 1. The fourth-order valence-electron chi connectivity index (χ4n) is 3.18. The number of halogens is 1. The molecule has 0 spiro atoms. The molecule has 1 N–H and O–H groups in total. The van der Waals surface area contributed by atoms with Gasteiger partial charge in [0.2, 0.25) is 0 Å². The molecule has 0 bridgehead atoms. The molecule has 7 heteroatoms. The van der Waals surface area contributed by atoms with E-state index in [-0.39, 0.29) is 0 Å². The third kappa shape index (κ3) is 5.79. The van der Waals surface area contributed by atoms with Gasteiger partial charge in [0.1, 0.15) is 11.5 Å². The summed E-state index contributed by atoms with van der Waals surface area (Å²) in [5, 5.41) is 6.63. The van der Waals surface area contributed by atoms with Gasteiger partial charge in [0.05, 0.1) is 11.8 Å². The van der Waals surface area contributed by atoms with Gasteiger partial charge < -0.3 is 9.47 Å². The number of esters is 1. The van der Waals surface area contributed by atoms with Gasteiger partial charge >= 0.3 is 5.97 Å². The van der Waals surface area contributed by atoms with E-state index in [0.717, 1.165) is 10.8 Å². The summed E-state index contributed by atoms with van der Waals surface area (Å²) in [6.45, 7) is 1.64. The number of ether oxygens (including phenoxy) is 2. The Morgan fingerprint density at radius 1 is 0.912 bits per heavy atom. The first-order chi connectivity index (χ1) is 16.5. The SMILES string of the molecule is CC(Oc1ccc2ccccc2c1)C(=O)N/N=C/c1ccccc1OC(=O)c1ccc(Cl)cc1. The van der Waals surface area contributed by atoms with Crippen molar-refractivity contribution in [1.29, 1.82) is 0 Å². The number of hydrogen-bond donors (Lipinski definition) is 1. The second-order valence-corrected chi connectivity index (χ2v) is 7.87. The van der Waals surface area contributed by atoms with Crippen molar-refractivity contribution < 1.29 is 19.1 Å². The number of benzene rings is 4. The minimum absolute atomic E-state index is 0.306. The van der Waals surface area contributed by atoms with Gasteiger partial charge in [-0.1, -0.05) is 54.1 Å². The van der Waals surface area contributed by atoms with E-state index in [0.29, 0.717) is 27.6 Å². The number of fused-ring (bicyclic) bond motifs is 1. The van der Waals surface area contributed by atoms with Crippen LogP contribution in [0.4, 0.5) is 0 Å². The van der Waals surface area contributed by atoms with E-state index in [1.54, 1.807) is 55.5 Å². The standard InChI is InChI=1S/C27H21ClN2O4/c1-18(33-24-15-12-19-6-2-3-7-21(19)16-24)26(31)30-29-17-22-8-4-5-9-25(22)34-27(32)20-10-13-23(28)14-11-20/h2-18H,1H3,(H,30,31)/b29-17+. The van der Waals surface area contributed by atoms with Crippen molar-refractivity contribution in [1.82, 2.24) is 5.43 Å². The van der Waals surface area contributed by atoms with Gasteiger partial charge in [-0.15, -0.1) is 0 Å². The monoisotopic (exact) mass is 472 g/mol. The molecule has 4 rings (SSSR count). The van der Waals surface area contributed by atoms with Crippen LogP contribution in [0.5, 0.6) is 11.5 Å². The maximum absolute atomic E-state index is 12.4. The van der Waals surface area contributed by atoms with Crippen molar-refractivity contribution in [2.45, 2.75) is 13.0 Å².